The molecule has 1 saturated heterocycles. The highest BCUT2D eigenvalue weighted by Gasteiger charge is 2.22. The van der Waals surface area contributed by atoms with Crippen LogP contribution in [0.4, 0.5) is 4.79 Å². The lowest BCUT2D eigenvalue weighted by atomic mass is 10.2. The molecule has 1 aliphatic rings. The van der Waals surface area contributed by atoms with E-state index in [-0.39, 0.29) is 6.10 Å². The molecule has 0 aromatic heterocycles. The van der Waals surface area contributed by atoms with Crippen LogP contribution in [0.5, 0.6) is 0 Å². The Morgan fingerprint density at radius 2 is 2.07 bits per heavy atom. The summed E-state index contributed by atoms with van der Waals surface area (Å²) in [5.41, 5.74) is 0. The maximum Gasteiger partial charge on any atom is 0.407 e. The number of hydrogen-bond acceptors (Lipinski definition) is 4. The molecular weight excluding hydrogens is 222 g/mol. The lowest BCUT2D eigenvalue weighted by molar-refractivity contribution is 0.143. The molecule has 88 valence electrons. The van der Waals surface area contributed by atoms with E-state index in [9.17, 15) is 13.2 Å². The second-order valence-electron chi connectivity index (χ2n) is 3.62. The number of carboxylic acid groups (broad SMARTS) is 1. The van der Waals surface area contributed by atoms with Gasteiger partial charge in [-0.3, -0.25) is 4.18 Å². The van der Waals surface area contributed by atoms with Gasteiger partial charge in [0.05, 0.1) is 12.4 Å². The first-order valence-corrected chi connectivity index (χ1v) is 6.56. The molecule has 0 saturated carbocycles. The van der Waals surface area contributed by atoms with Crippen LogP contribution in [-0.2, 0) is 14.3 Å². The molecule has 0 bridgehead atoms. The lowest BCUT2D eigenvalue weighted by Gasteiger charge is -2.16. The third kappa shape index (κ3) is 4.48. The Labute approximate surface area is 89.0 Å². The average Bonchev–Trinajstić information content (AvgIpc) is 2.26. The molecule has 0 spiro atoms. The number of carbonyl (C=O) groups is 1. The van der Waals surface area contributed by atoms with Crippen molar-refractivity contribution in [3.63, 3.8) is 0 Å². The zero-order valence-electron chi connectivity index (χ0n) is 8.55. The van der Waals surface area contributed by atoms with Gasteiger partial charge < -0.3 is 10.0 Å². The summed E-state index contributed by atoms with van der Waals surface area (Å²) >= 11 is 0. The van der Waals surface area contributed by atoms with Crippen LogP contribution in [0.2, 0.25) is 0 Å². The largest absolute Gasteiger partial charge is 0.465 e. The van der Waals surface area contributed by atoms with E-state index in [1.165, 1.54) is 4.90 Å². The Morgan fingerprint density at radius 1 is 1.40 bits per heavy atom. The summed E-state index contributed by atoms with van der Waals surface area (Å²) in [5, 5.41) is 8.75. The van der Waals surface area contributed by atoms with Crippen LogP contribution in [-0.4, -0.2) is 50.0 Å². The number of amides is 1. The van der Waals surface area contributed by atoms with E-state index < -0.39 is 16.2 Å². The second kappa shape index (κ2) is 4.80. The molecule has 1 unspecified atom stereocenters. The monoisotopic (exact) mass is 237 g/mol. The van der Waals surface area contributed by atoms with Crippen LogP contribution < -0.4 is 0 Å². The predicted octanol–water partition coefficient (Wildman–Crippen LogP) is 0.495. The van der Waals surface area contributed by atoms with E-state index in [4.69, 9.17) is 9.29 Å². The van der Waals surface area contributed by atoms with Crippen molar-refractivity contribution < 1.29 is 22.5 Å². The molecule has 0 aromatic carbocycles. The highest BCUT2D eigenvalue weighted by Crippen LogP contribution is 2.15. The molecule has 7 heteroatoms. The van der Waals surface area contributed by atoms with Gasteiger partial charge in [0.2, 0.25) is 0 Å². The fraction of sp³-hybridized carbons (Fsp3) is 0.875. The van der Waals surface area contributed by atoms with Gasteiger partial charge in [-0.15, -0.1) is 0 Å². The Balaban J connectivity index is 2.49. The zero-order valence-corrected chi connectivity index (χ0v) is 9.37. The standard InChI is InChI=1S/C8H15NO5S/c1-15(12,13)14-7-3-2-5-9(6-4-7)8(10)11/h7H,2-6H2,1H3,(H,10,11). The maximum atomic E-state index is 10.9. The Hall–Kier alpha value is -0.820. The summed E-state index contributed by atoms with van der Waals surface area (Å²) in [4.78, 5) is 11.9. The summed E-state index contributed by atoms with van der Waals surface area (Å²) in [6.45, 7) is 0.772. The molecule has 1 fully saturated rings. The van der Waals surface area contributed by atoms with E-state index >= 15 is 0 Å². The Kier molecular flexibility index (Phi) is 3.92. The molecule has 0 radical (unpaired) electrons. The van der Waals surface area contributed by atoms with Crippen molar-refractivity contribution in [1.29, 1.82) is 0 Å². The van der Waals surface area contributed by atoms with Gasteiger partial charge in [-0.05, 0) is 19.3 Å². The molecule has 1 aliphatic heterocycles. The van der Waals surface area contributed by atoms with Crippen LogP contribution in [0.15, 0.2) is 0 Å². The van der Waals surface area contributed by atoms with E-state index in [1.54, 1.807) is 0 Å². The van der Waals surface area contributed by atoms with E-state index in [1.807, 2.05) is 0 Å². The van der Waals surface area contributed by atoms with Gasteiger partial charge in [0.1, 0.15) is 0 Å². The molecule has 0 aliphatic carbocycles. The minimum absolute atomic E-state index is 0.329. The minimum atomic E-state index is -3.44. The fourth-order valence-corrected chi connectivity index (χ4v) is 2.29. The SMILES string of the molecule is CS(=O)(=O)OC1CCCN(C(=O)O)CC1. The normalized spacial score (nSPS) is 23.5. The molecule has 1 amide bonds. The van der Waals surface area contributed by atoms with E-state index in [0.717, 1.165) is 6.26 Å². The van der Waals surface area contributed by atoms with Gasteiger partial charge >= 0.3 is 6.09 Å². The van der Waals surface area contributed by atoms with Crippen LogP contribution in [0.25, 0.3) is 0 Å². The van der Waals surface area contributed by atoms with Crippen molar-refractivity contribution >= 4 is 16.2 Å². The van der Waals surface area contributed by atoms with Crippen LogP contribution in [0.3, 0.4) is 0 Å². The lowest BCUT2D eigenvalue weighted by Crippen LogP contribution is -2.30. The number of hydrogen-bond donors (Lipinski definition) is 1. The second-order valence-corrected chi connectivity index (χ2v) is 5.22. The summed E-state index contributed by atoms with van der Waals surface area (Å²) < 4.78 is 26.6. The highest BCUT2D eigenvalue weighted by molar-refractivity contribution is 7.86. The molecule has 1 heterocycles. The van der Waals surface area contributed by atoms with Crippen molar-refractivity contribution in [2.45, 2.75) is 25.4 Å². The topological polar surface area (TPSA) is 83.9 Å². The van der Waals surface area contributed by atoms with Crippen molar-refractivity contribution in [1.82, 2.24) is 4.90 Å². The minimum Gasteiger partial charge on any atom is -0.465 e. The molecule has 1 N–H and O–H groups in total. The molecule has 1 atom stereocenters. The smallest absolute Gasteiger partial charge is 0.407 e. The average molecular weight is 237 g/mol. The van der Waals surface area contributed by atoms with Crippen LogP contribution in [0, 0.1) is 0 Å². The molecule has 6 nitrogen and oxygen atoms in total. The Bertz CT molecular complexity index is 326. The van der Waals surface area contributed by atoms with E-state index in [2.05, 4.69) is 0 Å². The maximum absolute atomic E-state index is 10.9. The third-order valence-corrected chi connectivity index (χ3v) is 2.88. The molecular formula is C8H15NO5S. The van der Waals surface area contributed by atoms with Crippen molar-refractivity contribution in [2.75, 3.05) is 19.3 Å². The number of rotatable bonds is 2. The predicted molar refractivity (Wildman–Crippen MR) is 53.2 cm³/mol. The highest BCUT2D eigenvalue weighted by atomic mass is 32.2. The van der Waals surface area contributed by atoms with Crippen molar-refractivity contribution in [2.24, 2.45) is 0 Å². The first kappa shape index (κ1) is 12.3. The number of likely N-dealkylation sites (tertiary alicyclic amines) is 1. The summed E-state index contributed by atoms with van der Waals surface area (Å²) in [6.07, 6.45) is 1.30. The summed E-state index contributed by atoms with van der Waals surface area (Å²) in [7, 11) is -3.44. The van der Waals surface area contributed by atoms with Crippen LogP contribution >= 0.6 is 0 Å². The van der Waals surface area contributed by atoms with Gasteiger partial charge in [-0.2, -0.15) is 8.42 Å². The van der Waals surface area contributed by atoms with Gasteiger partial charge in [-0.25, -0.2) is 4.79 Å². The van der Waals surface area contributed by atoms with Gasteiger partial charge in [-0.1, -0.05) is 0 Å². The first-order valence-electron chi connectivity index (χ1n) is 4.74. The molecule has 0 aromatic rings. The van der Waals surface area contributed by atoms with Gasteiger partial charge in [0.15, 0.2) is 0 Å². The van der Waals surface area contributed by atoms with Crippen molar-refractivity contribution in [3.8, 4) is 0 Å². The zero-order chi connectivity index (χ0) is 11.5. The Morgan fingerprint density at radius 3 is 2.60 bits per heavy atom. The third-order valence-electron chi connectivity index (χ3n) is 2.26. The molecule has 1 rings (SSSR count). The summed E-state index contributed by atoms with van der Waals surface area (Å²) in [5.74, 6) is 0. The van der Waals surface area contributed by atoms with Crippen LogP contribution in [0.1, 0.15) is 19.3 Å². The fourth-order valence-electron chi connectivity index (χ4n) is 1.60. The van der Waals surface area contributed by atoms with Gasteiger partial charge in [0.25, 0.3) is 10.1 Å². The summed E-state index contributed by atoms with van der Waals surface area (Å²) in [6, 6.07) is 0. The van der Waals surface area contributed by atoms with Gasteiger partial charge in [0, 0.05) is 13.1 Å². The quantitative estimate of drug-likeness (QED) is 0.707. The first-order chi connectivity index (χ1) is 6.88. The molecule has 15 heavy (non-hydrogen) atoms. The van der Waals surface area contributed by atoms with E-state index in [0.29, 0.717) is 32.4 Å². The number of nitrogens with zero attached hydrogens (tertiary/aromatic N) is 1. The van der Waals surface area contributed by atoms with Crippen molar-refractivity contribution in [3.05, 3.63) is 0 Å².